The predicted octanol–water partition coefficient (Wildman–Crippen LogP) is 1.79. The third kappa shape index (κ3) is 3.83. The van der Waals surface area contributed by atoms with E-state index in [0.717, 1.165) is 5.56 Å². The van der Waals surface area contributed by atoms with Crippen LogP contribution in [0.4, 0.5) is 0 Å². The molecule has 0 aliphatic heterocycles. The van der Waals surface area contributed by atoms with Crippen molar-refractivity contribution in [2.45, 2.75) is 6.92 Å². The van der Waals surface area contributed by atoms with Gasteiger partial charge in [-0.05, 0) is 24.6 Å². The van der Waals surface area contributed by atoms with Crippen molar-refractivity contribution in [1.82, 2.24) is 0 Å². The Kier molecular flexibility index (Phi) is 6.72. The molecular formula is C10H13KO2. The van der Waals surface area contributed by atoms with Gasteiger partial charge in [0.2, 0.25) is 0 Å². The summed E-state index contributed by atoms with van der Waals surface area (Å²) >= 11 is 0. The van der Waals surface area contributed by atoms with Crippen LogP contribution in [0.25, 0.3) is 6.08 Å². The molecule has 3 heteroatoms. The van der Waals surface area contributed by atoms with Gasteiger partial charge in [0.1, 0.15) is 0 Å². The molecule has 66 valence electrons. The van der Waals surface area contributed by atoms with Gasteiger partial charge in [0.05, 0.1) is 7.11 Å². The van der Waals surface area contributed by atoms with Gasteiger partial charge in [-0.1, -0.05) is 18.2 Å². The molecule has 0 fully saturated rings. The summed E-state index contributed by atoms with van der Waals surface area (Å²) in [6, 6.07) is 5.24. The minimum atomic E-state index is 0. The zero-order valence-electron chi connectivity index (χ0n) is 7.24. The number of phenols is 1. The molecule has 0 bridgehead atoms. The van der Waals surface area contributed by atoms with Gasteiger partial charge >= 0.3 is 51.4 Å². The quantitative estimate of drug-likeness (QED) is 0.744. The standard InChI is InChI=1S/C10H12O2.K.H/c1-3-4-8-5-6-9(11)10(7-8)12-2;;/h3-7,11H,1-2H3;;. The molecule has 0 spiro atoms. The molecule has 0 amide bonds. The van der Waals surface area contributed by atoms with E-state index in [9.17, 15) is 5.11 Å². The molecule has 0 aromatic heterocycles. The number of allylic oxidation sites excluding steroid dienone is 1. The van der Waals surface area contributed by atoms with Crippen LogP contribution < -0.4 is 4.74 Å². The van der Waals surface area contributed by atoms with E-state index >= 15 is 0 Å². The molecule has 2 nitrogen and oxygen atoms in total. The summed E-state index contributed by atoms with van der Waals surface area (Å²) in [6.45, 7) is 1.94. The Morgan fingerprint density at radius 1 is 1.38 bits per heavy atom. The number of rotatable bonds is 2. The Labute approximate surface area is 121 Å². The van der Waals surface area contributed by atoms with Crippen LogP contribution >= 0.6 is 0 Å². The fraction of sp³-hybridized carbons (Fsp3) is 0.200. The molecular weight excluding hydrogens is 191 g/mol. The number of hydrogen-bond donors (Lipinski definition) is 1. The van der Waals surface area contributed by atoms with Gasteiger partial charge in [0.15, 0.2) is 11.5 Å². The van der Waals surface area contributed by atoms with Crippen LogP contribution in [0.3, 0.4) is 0 Å². The van der Waals surface area contributed by atoms with Crippen LogP contribution in [0.2, 0.25) is 0 Å². The van der Waals surface area contributed by atoms with E-state index in [-0.39, 0.29) is 57.1 Å². The Bertz CT molecular complexity index is 295. The SMILES string of the molecule is CC=Cc1ccc(O)c(OC)c1.[KH]. The molecule has 0 radical (unpaired) electrons. The first kappa shape index (κ1) is 13.2. The molecule has 0 saturated carbocycles. The number of aromatic hydroxyl groups is 1. The molecule has 1 N–H and O–H groups in total. The fourth-order valence-electron chi connectivity index (χ4n) is 0.990. The summed E-state index contributed by atoms with van der Waals surface area (Å²) < 4.78 is 4.95. The maximum absolute atomic E-state index is 9.25. The van der Waals surface area contributed by atoms with E-state index in [1.165, 1.54) is 7.11 Å². The van der Waals surface area contributed by atoms with Gasteiger partial charge in [-0.15, -0.1) is 0 Å². The summed E-state index contributed by atoms with van der Waals surface area (Å²) in [5.41, 5.74) is 1.02. The third-order valence-electron chi connectivity index (χ3n) is 1.56. The second-order valence-electron chi connectivity index (χ2n) is 2.43. The third-order valence-corrected chi connectivity index (χ3v) is 1.56. The zero-order chi connectivity index (χ0) is 8.97. The van der Waals surface area contributed by atoms with E-state index < -0.39 is 0 Å². The minimum absolute atomic E-state index is 0. The number of phenolic OH excluding ortho intramolecular Hbond substituents is 1. The second-order valence-corrected chi connectivity index (χ2v) is 2.43. The Balaban J connectivity index is 0.00000144. The molecule has 1 rings (SSSR count). The molecule has 0 aliphatic carbocycles. The summed E-state index contributed by atoms with van der Waals surface area (Å²) in [5, 5.41) is 9.25. The van der Waals surface area contributed by atoms with Crippen molar-refractivity contribution >= 4 is 57.5 Å². The topological polar surface area (TPSA) is 29.5 Å². The fourth-order valence-corrected chi connectivity index (χ4v) is 0.990. The van der Waals surface area contributed by atoms with Crippen LogP contribution in [-0.4, -0.2) is 63.6 Å². The summed E-state index contributed by atoms with van der Waals surface area (Å²) in [7, 11) is 1.54. The number of ether oxygens (including phenoxy) is 1. The van der Waals surface area contributed by atoms with Gasteiger partial charge in [0, 0.05) is 0 Å². The number of methoxy groups -OCH3 is 1. The monoisotopic (exact) mass is 204 g/mol. The average molecular weight is 204 g/mol. The Morgan fingerprint density at radius 2 is 2.08 bits per heavy atom. The van der Waals surface area contributed by atoms with E-state index in [2.05, 4.69) is 0 Å². The van der Waals surface area contributed by atoms with Gasteiger partial charge in [-0.2, -0.15) is 0 Å². The molecule has 13 heavy (non-hydrogen) atoms. The zero-order valence-corrected chi connectivity index (χ0v) is 7.24. The molecule has 0 aliphatic rings. The summed E-state index contributed by atoms with van der Waals surface area (Å²) in [6.07, 6.45) is 3.88. The van der Waals surface area contributed by atoms with Crippen LogP contribution in [0.1, 0.15) is 12.5 Å². The van der Waals surface area contributed by atoms with Crippen LogP contribution in [0.15, 0.2) is 24.3 Å². The van der Waals surface area contributed by atoms with Crippen molar-refractivity contribution in [3.8, 4) is 11.5 Å². The van der Waals surface area contributed by atoms with Crippen LogP contribution in [0, 0.1) is 0 Å². The molecule has 0 unspecified atom stereocenters. The van der Waals surface area contributed by atoms with Crippen molar-refractivity contribution in [3.63, 3.8) is 0 Å². The van der Waals surface area contributed by atoms with E-state index in [4.69, 9.17) is 4.74 Å². The van der Waals surface area contributed by atoms with E-state index in [0.29, 0.717) is 5.75 Å². The van der Waals surface area contributed by atoms with E-state index in [1.54, 1.807) is 12.1 Å². The van der Waals surface area contributed by atoms with E-state index in [1.807, 2.05) is 25.1 Å². The molecule has 0 heterocycles. The first-order chi connectivity index (χ1) is 5.77. The van der Waals surface area contributed by atoms with Gasteiger partial charge in [-0.3, -0.25) is 0 Å². The molecule has 0 atom stereocenters. The number of hydrogen-bond acceptors (Lipinski definition) is 2. The molecule has 1 aromatic carbocycles. The van der Waals surface area contributed by atoms with Gasteiger partial charge in [-0.25, -0.2) is 0 Å². The normalized spacial score (nSPS) is 9.69. The summed E-state index contributed by atoms with van der Waals surface area (Å²) in [5.74, 6) is 0.677. The molecule has 0 saturated heterocycles. The van der Waals surface area contributed by atoms with Crippen molar-refractivity contribution < 1.29 is 9.84 Å². The first-order valence-electron chi connectivity index (χ1n) is 3.77. The van der Waals surface area contributed by atoms with Gasteiger partial charge < -0.3 is 9.84 Å². The Morgan fingerprint density at radius 3 is 2.62 bits per heavy atom. The van der Waals surface area contributed by atoms with Crippen LogP contribution in [0.5, 0.6) is 11.5 Å². The van der Waals surface area contributed by atoms with Crippen molar-refractivity contribution in [2.24, 2.45) is 0 Å². The number of benzene rings is 1. The van der Waals surface area contributed by atoms with Crippen molar-refractivity contribution in [3.05, 3.63) is 29.8 Å². The maximum atomic E-state index is 9.25. The second kappa shape index (κ2) is 6.62. The predicted molar refractivity (Wildman–Crippen MR) is 56.5 cm³/mol. The van der Waals surface area contributed by atoms with Crippen LogP contribution in [-0.2, 0) is 0 Å². The van der Waals surface area contributed by atoms with Crippen molar-refractivity contribution in [2.75, 3.05) is 7.11 Å². The summed E-state index contributed by atoms with van der Waals surface area (Å²) in [4.78, 5) is 0. The first-order valence-corrected chi connectivity index (χ1v) is 3.77. The average Bonchev–Trinajstić information content (AvgIpc) is 2.09. The Hall–Kier alpha value is 0.196. The van der Waals surface area contributed by atoms with Crippen molar-refractivity contribution in [1.29, 1.82) is 0 Å². The molecule has 1 aromatic rings. The van der Waals surface area contributed by atoms with Gasteiger partial charge in [0.25, 0.3) is 0 Å².